The second-order valence-corrected chi connectivity index (χ2v) is 7.90. The fourth-order valence-corrected chi connectivity index (χ4v) is 4.03. The van der Waals surface area contributed by atoms with Gasteiger partial charge in [-0.15, -0.1) is 0 Å². The summed E-state index contributed by atoms with van der Waals surface area (Å²) in [7, 11) is 0. The fraction of sp³-hybridized carbons (Fsp3) is 0.185. The van der Waals surface area contributed by atoms with Crippen LogP contribution in [0.5, 0.6) is 0 Å². The first-order chi connectivity index (χ1) is 16.5. The zero-order valence-electron chi connectivity index (χ0n) is 19.6. The summed E-state index contributed by atoms with van der Waals surface area (Å²) >= 11 is 0. The molecule has 1 amide bonds. The summed E-state index contributed by atoms with van der Waals surface area (Å²) in [6.07, 6.45) is 5.18. The molecule has 7 nitrogen and oxygen atoms in total. The third-order valence-electron chi connectivity index (χ3n) is 5.79. The predicted molar refractivity (Wildman–Crippen MR) is 137 cm³/mol. The number of pyridine rings is 1. The predicted octanol–water partition coefficient (Wildman–Crippen LogP) is 5.20. The first-order valence-electron chi connectivity index (χ1n) is 11.3. The molecule has 2 aromatic carbocycles. The number of hydrogen-bond acceptors (Lipinski definition) is 6. The SMILES string of the molecule is CCN(CC)c1cccc(-c2c(C(N)=O)ccc(C)c2Nc2nccc(-c3cccnc3)n2)c1. The Kier molecular flexibility index (Phi) is 6.82. The quantitative estimate of drug-likeness (QED) is 0.381. The van der Waals surface area contributed by atoms with Crippen molar-refractivity contribution in [2.45, 2.75) is 20.8 Å². The van der Waals surface area contributed by atoms with Crippen LogP contribution >= 0.6 is 0 Å². The molecule has 0 radical (unpaired) electrons. The highest BCUT2D eigenvalue weighted by Crippen LogP contribution is 2.37. The molecule has 4 rings (SSSR count). The van der Waals surface area contributed by atoms with Crippen molar-refractivity contribution in [3.63, 3.8) is 0 Å². The molecule has 0 saturated carbocycles. The van der Waals surface area contributed by atoms with Gasteiger partial charge in [0, 0.05) is 54.1 Å². The van der Waals surface area contributed by atoms with Crippen LogP contribution in [0.4, 0.5) is 17.3 Å². The number of anilines is 3. The van der Waals surface area contributed by atoms with E-state index < -0.39 is 5.91 Å². The number of nitrogens with zero attached hydrogens (tertiary/aromatic N) is 4. The zero-order valence-corrected chi connectivity index (χ0v) is 19.6. The van der Waals surface area contributed by atoms with E-state index in [1.807, 2.05) is 43.3 Å². The summed E-state index contributed by atoms with van der Waals surface area (Å²) in [5, 5.41) is 3.36. The molecule has 0 aliphatic rings. The molecule has 7 heteroatoms. The number of nitrogens with two attached hydrogens (primary N) is 1. The maximum absolute atomic E-state index is 12.4. The average Bonchev–Trinajstić information content (AvgIpc) is 2.86. The van der Waals surface area contributed by atoms with Crippen LogP contribution in [-0.2, 0) is 0 Å². The van der Waals surface area contributed by atoms with Gasteiger partial charge in [0.05, 0.1) is 11.4 Å². The Hall–Kier alpha value is -4.26. The molecule has 0 bridgehead atoms. The number of hydrogen-bond donors (Lipinski definition) is 2. The lowest BCUT2D eigenvalue weighted by molar-refractivity contribution is 0.100. The minimum absolute atomic E-state index is 0.423. The Labute approximate surface area is 199 Å². The molecule has 2 aromatic heterocycles. The molecule has 0 atom stereocenters. The van der Waals surface area contributed by atoms with Gasteiger partial charge in [-0.3, -0.25) is 9.78 Å². The molecule has 34 heavy (non-hydrogen) atoms. The second kappa shape index (κ2) is 10.1. The number of nitrogens with one attached hydrogen (secondary N) is 1. The summed E-state index contributed by atoms with van der Waals surface area (Å²) in [6.45, 7) is 8.00. The third kappa shape index (κ3) is 4.73. The van der Waals surface area contributed by atoms with Gasteiger partial charge in [-0.2, -0.15) is 0 Å². The van der Waals surface area contributed by atoms with Crippen LogP contribution in [0.2, 0.25) is 0 Å². The van der Waals surface area contributed by atoms with Gasteiger partial charge in [0.25, 0.3) is 0 Å². The minimum atomic E-state index is -0.490. The van der Waals surface area contributed by atoms with Crippen LogP contribution in [-0.4, -0.2) is 33.9 Å². The standard InChI is InChI=1S/C27H28N6O/c1-4-33(5-2)21-10-6-8-19(16-21)24-22(26(28)34)12-11-18(3)25(24)32-27-30-15-13-23(31-27)20-9-7-14-29-17-20/h6-17H,4-5H2,1-3H3,(H2,28,34)(H,30,31,32). The summed E-state index contributed by atoms with van der Waals surface area (Å²) < 4.78 is 0. The van der Waals surface area contributed by atoms with Crippen molar-refractivity contribution in [1.82, 2.24) is 15.0 Å². The zero-order chi connectivity index (χ0) is 24.1. The second-order valence-electron chi connectivity index (χ2n) is 7.90. The van der Waals surface area contributed by atoms with Gasteiger partial charge >= 0.3 is 0 Å². The largest absolute Gasteiger partial charge is 0.372 e. The molecule has 0 saturated heterocycles. The average molecular weight is 453 g/mol. The van der Waals surface area contributed by atoms with Crippen LogP contribution in [0.1, 0.15) is 29.8 Å². The normalized spacial score (nSPS) is 10.7. The molecule has 4 aromatic rings. The molecule has 0 spiro atoms. The number of benzene rings is 2. The highest BCUT2D eigenvalue weighted by molar-refractivity contribution is 6.04. The van der Waals surface area contributed by atoms with Gasteiger partial charge < -0.3 is 16.0 Å². The molecular weight excluding hydrogens is 424 g/mol. The third-order valence-corrected chi connectivity index (χ3v) is 5.79. The Morgan fingerprint density at radius 2 is 1.79 bits per heavy atom. The maximum Gasteiger partial charge on any atom is 0.249 e. The van der Waals surface area contributed by atoms with Crippen molar-refractivity contribution in [2.75, 3.05) is 23.3 Å². The Morgan fingerprint density at radius 3 is 2.50 bits per heavy atom. The molecular formula is C27H28N6O. The lowest BCUT2D eigenvalue weighted by Gasteiger charge is -2.23. The summed E-state index contributed by atoms with van der Waals surface area (Å²) in [5.74, 6) is -0.0662. The summed E-state index contributed by atoms with van der Waals surface area (Å²) in [6, 6.07) is 17.5. The Bertz CT molecular complexity index is 1300. The van der Waals surface area contributed by atoms with Crippen molar-refractivity contribution in [2.24, 2.45) is 5.73 Å². The van der Waals surface area contributed by atoms with Crippen molar-refractivity contribution >= 4 is 23.2 Å². The van der Waals surface area contributed by atoms with Crippen molar-refractivity contribution in [1.29, 1.82) is 0 Å². The minimum Gasteiger partial charge on any atom is -0.372 e. The number of rotatable bonds is 8. The van der Waals surface area contributed by atoms with Crippen LogP contribution < -0.4 is 16.0 Å². The summed E-state index contributed by atoms with van der Waals surface area (Å²) in [5.41, 5.74) is 12.3. The molecule has 0 aliphatic heterocycles. The van der Waals surface area contributed by atoms with E-state index in [-0.39, 0.29) is 0 Å². The van der Waals surface area contributed by atoms with E-state index in [4.69, 9.17) is 5.73 Å². The highest BCUT2D eigenvalue weighted by Gasteiger charge is 2.19. The highest BCUT2D eigenvalue weighted by atomic mass is 16.1. The lowest BCUT2D eigenvalue weighted by Crippen LogP contribution is -2.21. The van der Waals surface area contributed by atoms with E-state index >= 15 is 0 Å². The lowest BCUT2D eigenvalue weighted by atomic mass is 9.94. The van der Waals surface area contributed by atoms with Crippen molar-refractivity contribution < 1.29 is 4.79 Å². The smallest absolute Gasteiger partial charge is 0.249 e. The maximum atomic E-state index is 12.4. The van der Waals surface area contributed by atoms with E-state index in [9.17, 15) is 4.79 Å². The molecule has 0 aliphatic carbocycles. The Morgan fingerprint density at radius 1 is 1.00 bits per heavy atom. The topological polar surface area (TPSA) is 97.0 Å². The van der Waals surface area contributed by atoms with Crippen LogP contribution in [0.25, 0.3) is 22.4 Å². The van der Waals surface area contributed by atoms with Crippen LogP contribution in [0.15, 0.2) is 73.2 Å². The van der Waals surface area contributed by atoms with Gasteiger partial charge in [0.15, 0.2) is 0 Å². The van der Waals surface area contributed by atoms with E-state index in [1.54, 1.807) is 24.7 Å². The van der Waals surface area contributed by atoms with Crippen molar-refractivity contribution in [3.05, 3.63) is 84.3 Å². The van der Waals surface area contributed by atoms with Crippen LogP contribution in [0, 0.1) is 6.92 Å². The van der Waals surface area contributed by atoms with E-state index in [2.05, 4.69) is 51.1 Å². The number of aromatic nitrogens is 3. The molecule has 0 fully saturated rings. The monoisotopic (exact) mass is 452 g/mol. The number of carbonyl (C=O) groups excluding carboxylic acids is 1. The van der Waals surface area contributed by atoms with Gasteiger partial charge in [-0.05, 0) is 68.3 Å². The molecule has 2 heterocycles. The number of amides is 1. The van der Waals surface area contributed by atoms with E-state index in [0.717, 1.165) is 52.4 Å². The molecule has 0 unspecified atom stereocenters. The van der Waals surface area contributed by atoms with Crippen molar-refractivity contribution in [3.8, 4) is 22.4 Å². The number of primary amides is 1. The van der Waals surface area contributed by atoms with E-state index in [1.165, 1.54) is 0 Å². The number of aryl methyl sites for hydroxylation is 1. The van der Waals surface area contributed by atoms with Crippen LogP contribution in [0.3, 0.4) is 0 Å². The molecule has 3 N–H and O–H groups in total. The first-order valence-corrected chi connectivity index (χ1v) is 11.3. The fourth-order valence-electron chi connectivity index (χ4n) is 4.03. The van der Waals surface area contributed by atoms with Gasteiger partial charge in [-0.1, -0.05) is 18.2 Å². The molecule has 172 valence electrons. The van der Waals surface area contributed by atoms with Gasteiger partial charge in [0.1, 0.15) is 0 Å². The van der Waals surface area contributed by atoms with E-state index in [0.29, 0.717) is 11.5 Å². The van der Waals surface area contributed by atoms with Gasteiger partial charge in [0.2, 0.25) is 11.9 Å². The Balaban J connectivity index is 1.83. The van der Waals surface area contributed by atoms with Gasteiger partial charge in [-0.25, -0.2) is 9.97 Å². The first kappa shape index (κ1) is 22.9. The number of carbonyl (C=O) groups is 1. The summed E-state index contributed by atoms with van der Waals surface area (Å²) in [4.78, 5) is 28.0.